The van der Waals surface area contributed by atoms with Crippen LogP contribution in [-0.2, 0) is 4.74 Å². The van der Waals surface area contributed by atoms with Gasteiger partial charge in [-0.25, -0.2) is 4.79 Å². The molecule has 0 unspecified atom stereocenters. The monoisotopic (exact) mass is 433 g/mol. The average molecular weight is 434 g/mol. The summed E-state index contributed by atoms with van der Waals surface area (Å²) in [5, 5.41) is 2.81. The molecule has 0 radical (unpaired) electrons. The minimum atomic E-state index is -0.382. The molecular formula is C21H24BrNO4. The predicted octanol–water partition coefficient (Wildman–Crippen LogP) is 5.30. The quantitative estimate of drug-likeness (QED) is 0.573. The summed E-state index contributed by atoms with van der Waals surface area (Å²) in [4.78, 5) is 24.1. The smallest absolute Gasteiger partial charge is 0.338 e. The van der Waals surface area contributed by atoms with Crippen molar-refractivity contribution in [1.82, 2.24) is 0 Å². The molecule has 6 heteroatoms. The Labute approximate surface area is 168 Å². The number of hydrogen-bond donors (Lipinski definition) is 1. The van der Waals surface area contributed by atoms with Gasteiger partial charge in [0.15, 0.2) is 0 Å². The number of anilines is 1. The van der Waals surface area contributed by atoms with E-state index in [1.165, 1.54) is 0 Å². The van der Waals surface area contributed by atoms with Gasteiger partial charge < -0.3 is 14.8 Å². The Bertz CT molecular complexity index is 787. The van der Waals surface area contributed by atoms with E-state index in [9.17, 15) is 9.59 Å². The van der Waals surface area contributed by atoms with Crippen molar-refractivity contribution in [3.05, 3.63) is 58.1 Å². The van der Waals surface area contributed by atoms with E-state index in [1.807, 2.05) is 0 Å². The molecule has 0 aliphatic carbocycles. The van der Waals surface area contributed by atoms with Crippen LogP contribution in [0, 0.1) is 5.92 Å². The molecular weight excluding hydrogens is 410 g/mol. The number of halogens is 1. The number of esters is 1. The summed E-state index contributed by atoms with van der Waals surface area (Å²) in [6, 6.07) is 11.8. The summed E-state index contributed by atoms with van der Waals surface area (Å²) >= 11 is 3.45. The Hall–Kier alpha value is -2.34. The minimum absolute atomic E-state index is 0.242. The predicted molar refractivity (Wildman–Crippen MR) is 109 cm³/mol. The second-order valence-corrected chi connectivity index (χ2v) is 7.28. The zero-order valence-corrected chi connectivity index (χ0v) is 17.3. The van der Waals surface area contributed by atoms with Crippen molar-refractivity contribution in [2.45, 2.75) is 27.2 Å². The minimum Gasteiger partial charge on any atom is -0.492 e. The van der Waals surface area contributed by atoms with E-state index >= 15 is 0 Å². The maximum atomic E-state index is 12.4. The van der Waals surface area contributed by atoms with Gasteiger partial charge in [-0.1, -0.05) is 13.8 Å². The second-order valence-electron chi connectivity index (χ2n) is 6.43. The van der Waals surface area contributed by atoms with Crippen molar-refractivity contribution in [2.24, 2.45) is 5.92 Å². The molecule has 2 aromatic carbocycles. The number of ether oxygens (including phenoxy) is 2. The molecule has 0 aliphatic heterocycles. The summed E-state index contributed by atoms with van der Waals surface area (Å²) in [5.41, 5.74) is 1.55. The lowest BCUT2D eigenvalue weighted by Crippen LogP contribution is -2.12. The van der Waals surface area contributed by atoms with E-state index in [1.54, 1.807) is 49.4 Å². The fourth-order valence-electron chi connectivity index (χ4n) is 2.27. The van der Waals surface area contributed by atoms with Crippen LogP contribution in [0.15, 0.2) is 46.9 Å². The summed E-state index contributed by atoms with van der Waals surface area (Å²) < 4.78 is 11.4. The normalized spacial score (nSPS) is 10.6. The SMILES string of the molecule is CCOC(=O)c1ccc(NC(=O)c2ccc(OCCC(C)C)c(Br)c2)cc1. The molecule has 0 aromatic heterocycles. The number of amides is 1. The highest BCUT2D eigenvalue weighted by atomic mass is 79.9. The van der Waals surface area contributed by atoms with Crippen LogP contribution >= 0.6 is 15.9 Å². The molecule has 0 fully saturated rings. The zero-order chi connectivity index (χ0) is 19.8. The fraction of sp³-hybridized carbons (Fsp3) is 0.333. The Morgan fingerprint density at radius 1 is 1.07 bits per heavy atom. The molecule has 0 heterocycles. The number of carbonyl (C=O) groups is 2. The highest BCUT2D eigenvalue weighted by Crippen LogP contribution is 2.27. The maximum Gasteiger partial charge on any atom is 0.338 e. The van der Waals surface area contributed by atoms with Gasteiger partial charge in [-0.3, -0.25) is 4.79 Å². The van der Waals surface area contributed by atoms with Gasteiger partial charge in [-0.2, -0.15) is 0 Å². The first kappa shape index (κ1) is 21.0. The number of benzene rings is 2. The highest BCUT2D eigenvalue weighted by molar-refractivity contribution is 9.10. The van der Waals surface area contributed by atoms with Crippen LogP contribution in [0.5, 0.6) is 5.75 Å². The lowest BCUT2D eigenvalue weighted by atomic mass is 10.1. The third kappa shape index (κ3) is 6.40. The molecule has 27 heavy (non-hydrogen) atoms. The lowest BCUT2D eigenvalue weighted by molar-refractivity contribution is 0.0526. The highest BCUT2D eigenvalue weighted by Gasteiger charge is 2.11. The summed E-state index contributed by atoms with van der Waals surface area (Å²) in [5.74, 6) is 0.663. The first-order valence-electron chi connectivity index (χ1n) is 8.91. The first-order chi connectivity index (χ1) is 12.9. The molecule has 1 amide bonds. The van der Waals surface area contributed by atoms with Gasteiger partial charge in [-0.05, 0) is 77.7 Å². The molecule has 0 spiro atoms. The van der Waals surface area contributed by atoms with Crippen molar-refractivity contribution in [2.75, 3.05) is 18.5 Å². The van der Waals surface area contributed by atoms with Gasteiger partial charge in [0.05, 0.1) is 23.2 Å². The van der Waals surface area contributed by atoms with Crippen molar-refractivity contribution < 1.29 is 19.1 Å². The van der Waals surface area contributed by atoms with Crippen molar-refractivity contribution >= 4 is 33.5 Å². The average Bonchev–Trinajstić information content (AvgIpc) is 2.63. The number of hydrogen-bond acceptors (Lipinski definition) is 4. The second kappa shape index (κ2) is 10.1. The molecule has 0 atom stereocenters. The van der Waals surface area contributed by atoms with Crippen LogP contribution in [0.3, 0.4) is 0 Å². The number of nitrogens with one attached hydrogen (secondary N) is 1. The summed E-state index contributed by atoms with van der Waals surface area (Å²) in [6.45, 7) is 7.00. The van der Waals surface area contributed by atoms with Crippen LogP contribution in [0.1, 0.15) is 47.9 Å². The Balaban J connectivity index is 1.99. The third-order valence-electron chi connectivity index (χ3n) is 3.80. The molecule has 1 N–H and O–H groups in total. The van der Waals surface area contributed by atoms with Gasteiger partial charge >= 0.3 is 5.97 Å². The Kier molecular flexibility index (Phi) is 7.85. The molecule has 144 valence electrons. The largest absolute Gasteiger partial charge is 0.492 e. The van der Waals surface area contributed by atoms with Crippen LogP contribution in [0.25, 0.3) is 0 Å². The molecule has 2 rings (SSSR count). The van der Waals surface area contributed by atoms with Gasteiger partial charge in [0, 0.05) is 11.3 Å². The van der Waals surface area contributed by atoms with E-state index in [2.05, 4.69) is 35.1 Å². The van der Waals surface area contributed by atoms with Crippen LogP contribution in [-0.4, -0.2) is 25.1 Å². The van der Waals surface area contributed by atoms with Crippen molar-refractivity contribution in [3.63, 3.8) is 0 Å². The van der Waals surface area contributed by atoms with Crippen LogP contribution < -0.4 is 10.1 Å². The Morgan fingerprint density at radius 3 is 2.33 bits per heavy atom. The summed E-state index contributed by atoms with van der Waals surface area (Å²) in [7, 11) is 0. The van der Waals surface area contributed by atoms with E-state index in [0.717, 1.165) is 10.9 Å². The molecule has 0 bridgehead atoms. The van der Waals surface area contributed by atoms with Crippen molar-refractivity contribution in [3.8, 4) is 5.75 Å². The zero-order valence-electron chi connectivity index (χ0n) is 15.8. The molecule has 0 saturated heterocycles. The lowest BCUT2D eigenvalue weighted by Gasteiger charge is -2.11. The molecule has 0 aliphatic rings. The first-order valence-corrected chi connectivity index (χ1v) is 9.71. The standard InChI is InChI=1S/C21H24BrNO4/c1-4-26-21(25)15-5-8-17(9-6-15)23-20(24)16-7-10-19(18(22)13-16)27-12-11-14(2)3/h5-10,13-14H,4,11-12H2,1-3H3,(H,23,24). The van der Waals surface area contributed by atoms with Gasteiger partial charge in [0.25, 0.3) is 5.91 Å². The topological polar surface area (TPSA) is 64.6 Å². The Morgan fingerprint density at radius 2 is 1.74 bits per heavy atom. The van der Waals surface area contributed by atoms with E-state index in [-0.39, 0.29) is 11.9 Å². The molecule has 2 aromatic rings. The number of carbonyl (C=O) groups excluding carboxylic acids is 2. The molecule has 5 nitrogen and oxygen atoms in total. The summed E-state index contributed by atoms with van der Waals surface area (Å²) in [6.07, 6.45) is 0.969. The van der Waals surface area contributed by atoms with Gasteiger partial charge in [0.2, 0.25) is 0 Å². The van der Waals surface area contributed by atoms with E-state index in [4.69, 9.17) is 9.47 Å². The molecule has 0 saturated carbocycles. The number of rotatable bonds is 8. The van der Waals surface area contributed by atoms with Crippen LogP contribution in [0.4, 0.5) is 5.69 Å². The maximum absolute atomic E-state index is 12.4. The van der Waals surface area contributed by atoms with Gasteiger partial charge in [0.1, 0.15) is 5.75 Å². The fourth-order valence-corrected chi connectivity index (χ4v) is 2.76. The van der Waals surface area contributed by atoms with Gasteiger partial charge in [-0.15, -0.1) is 0 Å². The third-order valence-corrected chi connectivity index (χ3v) is 4.42. The van der Waals surface area contributed by atoms with Crippen molar-refractivity contribution in [1.29, 1.82) is 0 Å². The van der Waals surface area contributed by atoms with E-state index < -0.39 is 0 Å². The van der Waals surface area contributed by atoms with E-state index in [0.29, 0.717) is 41.7 Å². The van der Waals surface area contributed by atoms with Crippen LogP contribution in [0.2, 0.25) is 0 Å².